The molecular formula is C19H26N4O3. The number of aromatic nitrogens is 3. The van der Waals surface area contributed by atoms with E-state index in [4.69, 9.17) is 10.5 Å². The number of nitrogens with zero attached hydrogens (tertiary/aromatic N) is 3. The Kier molecular flexibility index (Phi) is 4.56. The Morgan fingerprint density at radius 3 is 2.65 bits per heavy atom. The predicted octanol–water partition coefficient (Wildman–Crippen LogP) is 2.42. The maximum Gasteiger partial charge on any atom is 0.320 e. The van der Waals surface area contributed by atoms with Crippen molar-refractivity contribution in [3.63, 3.8) is 0 Å². The molecule has 0 spiro atoms. The Balaban J connectivity index is 1.73. The number of anilines is 1. The van der Waals surface area contributed by atoms with Gasteiger partial charge >= 0.3 is 6.01 Å². The third-order valence-corrected chi connectivity index (χ3v) is 5.81. The molecule has 0 bridgehead atoms. The van der Waals surface area contributed by atoms with Crippen molar-refractivity contribution in [1.82, 2.24) is 14.5 Å². The Morgan fingerprint density at radius 1 is 1.19 bits per heavy atom. The molecule has 2 aromatic rings. The molecule has 3 N–H and O–H groups in total. The first-order valence-corrected chi connectivity index (χ1v) is 9.56. The van der Waals surface area contributed by atoms with E-state index in [2.05, 4.69) is 16.9 Å². The first kappa shape index (κ1) is 17.3. The van der Waals surface area contributed by atoms with Gasteiger partial charge in [-0.2, -0.15) is 9.97 Å². The van der Waals surface area contributed by atoms with E-state index in [1.54, 1.807) is 6.20 Å². The van der Waals surface area contributed by atoms with Crippen molar-refractivity contribution in [2.45, 2.75) is 70.1 Å². The number of ether oxygens (including phenoxy) is 1. The van der Waals surface area contributed by atoms with E-state index in [1.165, 1.54) is 6.07 Å². The van der Waals surface area contributed by atoms with E-state index in [-0.39, 0.29) is 29.4 Å². The third kappa shape index (κ3) is 3.16. The molecule has 26 heavy (non-hydrogen) atoms. The van der Waals surface area contributed by atoms with E-state index in [1.807, 2.05) is 4.57 Å². The van der Waals surface area contributed by atoms with Gasteiger partial charge in [0.1, 0.15) is 17.3 Å². The second kappa shape index (κ2) is 6.87. The average molecular weight is 358 g/mol. The van der Waals surface area contributed by atoms with Crippen LogP contribution in [0.1, 0.15) is 57.9 Å². The Bertz CT molecular complexity index is 858. The first-order valence-electron chi connectivity index (χ1n) is 9.56. The van der Waals surface area contributed by atoms with Crippen molar-refractivity contribution in [3.8, 4) is 6.01 Å². The van der Waals surface area contributed by atoms with Crippen LogP contribution in [0.2, 0.25) is 0 Å². The molecule has 2 aromatic heterocycles. The number of nitrogen functional groups attached to an aromatic ring is 1. The lowest BCUT2D eigenvalue weighted by Gasteiger charge is -2.26. The van der Waals surface area contributed by atoms with Gasteiger partial charge in [-0.1, -0.05) is 6.92 Å². The van der Waals surface area contributed by atoms with Gasteiger partial charge in [0.15, 0.2) is 11.1 Å². The molecule has 4 rings (SSSR count). The van der Waals surface area contributed by atoms with Gasteiger partial charge in [-0.15, -0.1) is 0 Å². The molecule has 0 unspecified atom stereocenters. The van der Waals surface area contributed by atoms with Gasteiger partial charge in [0.25, 0.3) is 0 Å². The molecule has 0 amide bonds. The number of fused-ring (bicyclic) bond motifs is 1. The van der Waals surface area contributed by atoms with Crippen LogP contribution in [-0.4, -0.2) is 31.8 Å². The van der Waals surface area contributed by atoms with Gasteiger partial charge in [0, 0.05) is 12.3 Å². The summed E-state index contributed by atoms with van der Waals surface area (Å²) < 4.78 is 7.86. The fraction of sp³-hybridized carbons (Fsp3) is 0.632. The SMILES string of the molecule is CC1CCC(Oc2nc(N)c3c(=O)ccn([C@H]4CCC[C@@H]4O)c3n2)CC1. The molecule has 2 aliphatic carbocycles. The van der Waals surface area contributed by atoms with E-state index in [0.717, 1.165) is 50.9 Å². The first-order chi connectivity index (χ1) is 12.5. The molecule has 2 saturated carbocycles. The van der Waals surface area contributed by atoms with Gasteiger partial charge in [0.2, 0.25) is 0 Å². The minimum absolute atomic E-state index is 0.0870. The summed E-state index contributed by atoms with van der Waals surface area (Å²) in [4.78, 5) is 21.1. The molecule has 7 nitrogen and oxygen atoms in total. The largest absolute Gasteiger partial charge is 0.460 e. The second-order valence-corrected chi connectivity index (χ2v) is 7.74. The Morgan fingerprint density at radius 2 is 1.96 bits per heavy atom. The molecule has 2 heterocycles. The quantitative estimate of drug-likeness (QED) is 0.873. The molecule has 2 atom stereocenters. The van der Waals surface area contributed by atoms with Crippen LogP contribution in [0.3, 0.4) is 0 Å². The fourth-order valence-electron chi connectivity index (χ4n) is 4.23. The van der Waals surface area contributed by atoms with Crippen molar-refractivity contribution in [2.75, 3.05) is 5.73 Å². The number of hydrogen-bond acceptors (Lipinski definition) is 6. The van der Waals surface area contributed by atoms with Crippen molar-refractivity contribution < 1.29 is 9.84 Å². The summed E-state index contributed by atoms with van der Waals surface area (Å²) in [6.07, 6.45) is 8.11. The van der Waals surface area contributed by atoms with Crippen molar-refractivity contribution in [3.05, 3.63) is 22.5 Å². The molecule has 0 saturated heterocycles. The average Bonchev–Trinajstić information content (AvgIpc) is 3.03. The normalized spacial score (nSPS) is 29.2. The van der Waals surface area contributed by atoms with E-state index in [9.17, 15) is 9.90 Å². The Hall–Kier alpha value is -2.15. The van der Waals surface area contributed by atoms with Gasteiger partial charge < -0.3 is 20.1 Å². The maximum atomic E-state index is 12.3. The number of rotatable bonds is 3. The molecule has 0 aliphatic heterocycles. The monoisotopic (exact) mass is 358 g/mol. The molecule has 2 fully saturated rings. The fourth-order valence-corrected chi connectivity index (χ4v) is 4.23. The Labute approximate surface area is 152 Å². The summed E-state index contributed by atoms with van der Waals surface area (Å²) in [7, 11) is 0. The number of nitrogens with two attached hydrogens (primary N) is 1. The number of pyridine rings is 1. The number of hydrogen-bond donors (Lipinski definition) is 2. The minimum Gasteiger partial charge on any atom is -0.460 e. The van der Waals surface area contributed by atoms with Crippen LogP contribution >= 0.6 is 0 Å². The number of aliphatic hydroxyl groups is 1. The lowest BCUT2D eigenvalue weighted by Crippen LogP contribution is -2.25. The van der Waals surface area contributed by atoms with Gasteiger partial charge in [-0.25, -0.2) is 0 Å². The third-order valence-electron chi connectivity index (χ3n) is 5.81. The molecule has 0 radical (unpaired) electrons. The molecular weight excluding hydrogens is 332 g/mol. The van der Waals surface area contributed by atoms with Crippen LogP contribution in [0, 0.1) is 5.92 Å². The van der Waals surface area contributed by atoms with E-state index >= 15 is 0 Å². The highest BCUT2D eigenvalue weighted by Gasteiger charge is 2.29. The second-order valence-electron chi connectivity index (χ2n) is 7.74. The molecule has 0 aromatic carbocycles. The van der Waals surface area contributed by atoms with Crippen molar-refractivity contribution in [1.29, 1.82) is 0 Å². The van der Waals surface area contributed by atoms with Crippen molar-refractivity contribution >= 4 is 16.9 Å². The van der Waals surface area contributed by atoms with Gasteiger partial charge in [-0.05, 0) is 50.9 Å². The highest BCUT2D eigenvalue weighted by atomic mass is 16.5. The maximum absolute atomic E-state index is 12.3. The van der Waals surface area contributed by atoms with Crippen LogP contribution in [0.4, 0.5) is 5.82 Å². The zero-order chi connectivity index (χ0) is 18.3. The van der Waals surface area contributed by atoms with Crippen LogP contribution < -0.4 is 15.9 Å². The van der Waals surface area contributed by atoms with Crippen LogP contribution in [0.15, 0.2) is 17.1 Å². The topological polar surface area (TPSA) is 103 Å². The van der Waals surface area contributed by atoms with Crippen LogP contribution in [0.5, 0.6) is 6.01 Å². The lowest BCUT2D eigenvalue weighted by molar-refractivity contribution is 0.124. The number of aliphatic hydroxyl groups excluding tert-OH is 1. The summed E-state index contributed by atoms with van der Waals surface area (Å²) in [6.45, 7) is 2.26. The van der Waals surface area contributed by atoms with Crippen LogP contribution in [-0.2, 0) is 0 Å². The highest BCUT2D eigenvalue weighted by Crippen LogP contribution is 2.33. The minimum atomic E-state index is -0.443. The summed E-state index contributed by atoms with van der Waals surface area (Å²) in [6, 6.07) is 1.59. The summed E-state index contributed by atoms with van der Waals surface area (Å²) in [5.74, 6) is 0.868. The van der Waals surface area contributed by atoms with Crippen LogP contribution in [0.25, 0.3) is 11.0 Å². The lowest BCUT2D eigenvalue weighted by atomic mass is 9.89. The summed E-state index contributed by atoms with van der Waals surface area (Å²) in [5, 5.41) is 10.6. The zero-order valence-corrected chi connectivity index (χ0v) is 15.1. The van der Waals surface area contributed by atoms with E-state index < -0.39 is 6.10 Å². The molecule has 140 valence electrons. The highest BCUT2D eigenvalue weighted by molar-refractivity contribution is 5.85. The zero-order valence-electron chi connectivity index (χ0n) is 15.1. The van der Waals surface area contributed by atoms with E-state index in [0.29, 0.717) is 11.0 Å². The summed E-state index contributed by atoms with van der Waals surface area (Å²) in [5.41, 5.74) is 6.33. The standard InChI is InChI=1S/C19H26N4O3/c1-11-5-7-12(8-6-11)26-19-21-17(20)16-15(25)9-10-23(18(16)22-19)13-3-2-4-14(13)24/h9-14,24H,2-8H2,1H3,(H2,20,21,22)/t11?,12?,13-,14-/m0/s1. The molecule has 2 aliphatic rings. The smallest absolute Gasteiger partial charge is 0.320 e. The predicted molar refractivity (Wildman–Crippen MR) is 99.2 cm³/mol. The van der Waals surface area contributed by atoms with Gasteiger partial charge in [-0.3, -0.25) is 4.79 Å². The molecule has 7 heteroatoms. The van der Waals surface area contributed by atoms with Gasteiger partial charge in [0.05, 0.1) is 12.1 Å². The van der Waals surface area contributed by atoms with Crippen molar-refractivity contribution in [2.24, 2.45) is 5.92 Å². The summed E-state index contributed by atoms with van der Waals surface area (Å²) >= 11 is 0.